The third kappa shape index (κ3) is 10.5. The summed E-state index contributed by atoms with van der Waals surface area (Å²) in [5, 5.41) is 6.94. The average molecular weight is 320 g/mol. The molecule has 0 amide bonds. The zero-order chi connectivity index (χ0) is 15.3. The van der Waals surface area contributed by atoms with Gasteiger partial charge in [0, 0.05) is 28.7 Å². The summed E-state index contributed by atoms with van der Waals surface area (Å²) >= 11 is 0. The summed E-state index contributed by atoms with van der Waals surface area (Å²) in [6, 6.07) is 1.26. The molecule has 1 unspecified atom stereocenters. The molecule has 22 heavy (non-hydrogen) atoms. The molecular weight excluding hydrogens is 274 g/mol. The van der Waals surface area contributed by atoms with E-state index in [1.165, 1.54) is 64.2 Å². The van der Waals surface area contributed by atoms with Crippen molar-refractivity contribution in [1.29, 1.82) is 0 Å². The van der Waals surface area contributed by atoms with E-state index in [0.717, 1.165) is 19.1 Å². The van der Waals surface area contributed by atoms with Gasteiger partial charge >= 0.3 is 0 Å². The van der Waals surface area contributed by atoms with Gasteiger partial charge in [0.25, 0.3) is 0 Å². The molecule has 0 aromatic rings. The van der Waals surface area contributed by atoms with Crippen LogP contribution in [0.4, 0.5) is 0 Å². The van der Waals surface area contributed by atoms with E-state index in [0.29, 0.717) is 12.2 Å². The second-order valence-corrected chi connectivity index (χ2v) is 6.52. The molecule has 2 saturated carbocycles. The van der Waals surface area contributed by atoms with Gasteiger partial charge in [0.2, 0.25) is 0 Å². The van der Waals surface area contributed by atoms with E-state index < -0.39 is 0 Å². The second kappa shape index (κ2) is 14.4. The highest BCUT2D eigenvalue weighted by atomic mass is 16.5. The molecule has 0 radical (unpaired) electrons. The van der Waals surface area contributed by atoms with Crippen molar-refractivity contribution in [2.24, 2.45) is 5.73 Å². The van der Waals surface area contributed by atoms with E-state index in [-0.39, 0.29) is 10.3 Å². The van der Waals surface area contributed by atoms with Crippen LogP contribution in [-0.4, -0.2) is 39.0 Å². The van der Waals surface area contributed by atoms with Crippen LogP contribution in [0, 0.1) is 0 Å². The Bertz CT molecular complexity index is 236. The maximum atomic E-state index is 5.63. The lowest BCUT2D eigenvalue weighted by Crippen LogP contribution is -2.47. The Labute approximate surface area is 141 Å². The lowest BCUT2D eigenvalue weighted by atomic mass is 9.95. The van der Waals surface area contributed by atoms with Gasteiger partial charge in [-0.1, -0.05) is 46.0 Å². The van der Waals surface area contributed by atoms with Crippen molar-refractivity contribution in [2.45, 2.75) is 96.3 Å². The summed E-state index contributed by atoms with van der Waals surface area (Å²) in [7, 11) is 3.77. The van der Waals surface area contributed by atoms with Gasteiger partial charge in [-0.25, -0.2) is 0 Å². The number of ether oxygens (including phenoxy) is 1. The summed E-state index contributed by atoms with van der Waals surface area (Å²) in [5.74, 6) is 0. The maximum absolute atomic E-state index is 5.63. The first kappa shape index (κ1) is 21.8. The van der Waals surface area contributed by atoms with E-state index >= 15 is 0 Å². The van der Waals surface area contributed by atoms with Crippen LogP contribution < -0.4 is 16.4 Å². The van der Waals surface area contributed by atoms with E-state index in [9.17, 15) is 0 Å². The normalized spacial score (nSPS) is 21.4. The lowest BCUT2D eigenvalue weighted by Gasteiger charge is -2.28. The lowest BCUT2D eigenvalue weighted by molar-refractivity contribution is 0.172. The SMILES string of the molecule is C.CNC(CCOC)NC1CCCCC1.NC1CCCCC1.[HH].[HH]. The molecule has 4 N–H and O–H groups in total. The number of methoxy groups -OCH3 is 1. The van der Waals surface area contributed by atoms with E-state index in [1.54, 1.807) is 7.11 Å². The van der Waals surface area contributed by atoms with Crippen molar-refractivity contribution in [3.05, 3.63) is 0 Å². The smallest absolute Gasteiger partial charge is 0.0593 e. The van der Waals surface area contributed by atoms with Crippen LogP contribution >= 0.6 is 0 Å². The van der Waals surface area contributed by atoms with E-state index in [4.69, 9.17) is 10.5 Å². The summed E-state index contributed by atoms with van der Waals surface area (Å²) in [6.07, 6.45) is 15.0. The minimum Gasteiger partial charge on any atom is -0.385 e. The topological polar surface area (TPSA) is 59.3 Å². The van der Waals surface area contributed by atoms with Crippen molar-refractivity contribution >= 4 is 0 Å². The monoisotopic (exact) mass is 319 g/mol. The highest BCUT2D eigenvalue weighted by Crippen LogP contribution is 2.17. The number of nitrogens with one attached hydrogen (secondary N) is 2. The van der Waals surface area contributed by atoms with Gasteiger partial charge in [-0.3, -0.25) is 5.32 Å². The Hall–Kier alpha value is -0.160. The first-order valence-electron chi connectivity index (χ1n) is 8.94. The Morgan fingerprint density at radius 2 is 1.59 bits per heavy atom. The second-order valence-electron chi connectivity index (χ2n) is 6.52. The third-order valence-electron chi connectivity index (χ3n) is 4.65. The third-order valence-corrected chi connectivity index (χ3v) is 4.65. The predicted molar refractivity (Wildman–Crippen MR) is 101 cm³/mol. The van der Waals surface area contributed by atoms with E-state index in [2.05, 4.69) is 10.6 Å². The molecule has 0 aliphatic heterocycles. The Morgan fingerprint density at radius 1 is 1.05 bits per heavy atom. The van der Waals surface area contributed by atoms with Crippen molar-refractivity contribution < 1.29 is 7.59 Å². The number of rotatable bonds is 6. The highest BCUT2D eigenvalue weighted by molar-refractivity contribution is 4.75. The molecule has 0 saturated heterocycles. The molecule has 0 spiro atoms. The van der Waals surface area contributed by atoms with Crippen molar-refractivity contribution in [1.82, 2.24) is 10.6 Å². The minimum absolute atomic E-state index is 0. The molecule has 4 heteroatoms. The van der Waals surface area contributed by atoms with E-state index in [1.807, 2.05) is 7.05 Å². The first-order valence-corrected chi connectivity index (χ1v) is 8.94. The highest BCUT2D eigenvalue weighted by Gasteiger charge is 2.16. The number of hydrogen-bond acceptors (Lipinski definition) is 4. The largest absolute Gasteiger partial charge is 0.385 e. The fourth-order valence-corrected chi connectivity index (χ4v) is 3.23. The molecule has 2 rings (SSSR count). The molecular formula is C18H45N3O. The van der Waals surface area contributed by atoms with Crippen molar-refractivity contribution in [2.75, 3.05) is 20.8 Å². The number of nitrogens with two attached hydrogens (primary N) is 1. The molecule has 138 valence electrons. The molecule has 2 fully saturated rings. The Kier molecular flexibility index (Phi) is 14.3. The van der Waals surface area contributed by atoms with Crippen LogP contribution in [0.2, 0.25) is 0 Å². The quantitative estimate of drug-likeness (QED) is 0.650. The van der Waals surface area contributed by atoms with Gasteiger partial charge in [-0.05, 0) is 39.2 Å². The number of hydrogen-bond donors (Lipinski definition) is 3. The molecule has 2 aliphatic carbocycles. The average Bonchev–Trinajstić information content (AvgIpc) is 2.54. The first-order chi connectivity index (χ1) is 10.3. The summed E-state index contributed by atoms with van der Waals surface area (Å²) in [4.78, 5) is 0. The Morgan fingerprint density at radius 3 is 2.00 bits per heavy atom. The standard InChI is InChI=1S/C11H24N2O.C6H13N.CH4.2H2/c1-12-11(8-9-14-2)13-10-6-4-3-5-7-10;7-6-4-2-1-3-5-6;;;/h10-13H,3-9H2,1-2H3;6H,1-5,7H2;1H4;2*1H. The summed E-state index contributed by atoms with van der Waals surface area (Å²) < 4.78 is 5.08. The maximum Gasteiger partial charge on any atom is 0.0593 e. The zero-order valence-corrected chi connectivity index (χ0v) is 14.2. The zero-order valence-electron chi connectivity index (χ0n) is 14.2. The molecule has 0 heterocycles. The molecule has 4 nitrogen and oxygen atoms in total. The molecule has 0 aromatic heterocycles. The Balaban J connectivity index is -0.000000380. The van der Waals surface area contributed by atoms with Crippen LogP contribution in [0.15, 0.2) is 0 Å². The minimum atomic E-state index is 0. The molecule has 0 aromatic carbocycles. The summed E-state index contributed by atoms with van der Waals surface area (Å²) in [6.45, 7) is 0.825. The molecule has 1 atom stereocenters. The van der Waals surface area contributed by atoms with Gasteiger partial charge < -0.3 is 15.8 Å². The van der Waals surface area contributed by atoms with Gasteiger partial charge in [0.15, 0.2) is 0 Å². The van der Waals surface area contributed by atoms with Crippen LogP contribution in [0.1, 0.15) is 80.9 Å². The van der Waals surface area contributed by atoms with Gasteiger partial charge in [0.1, 0.15) is 0 Å². The fraction of sp³-hybridized carbons (Fsp3) is 1.00. The molecule has 2 aliphatic rings. The van der Waals surface area contributed by atoms with Crippen LogP contribution in [0.5, 0.6) is 0 Å². The van der Waals surface area contributed by atoms with Crippen molar-refractivity contribution in [3.63, 3.8) is 0 Å². The van der Waals surface area contributed by atoms with Crippen LogP contribution in [-0.2, 0) is 4.74 Å². The van der Waals surface area contributed by atoms with Crippen LogP contribution in [0.3, 0.4) is 0 Å². The molecule has 0 bridgehead atoms. The van der Waals surface area contributed by atoms with Gasteiger partial charge in [-0.2, -0.15) is 0 Å². The van der Waals surface area contributed by atoms with Crippen molar-refractivity contribution in [3.8, 4) is 0 Å². The van der Waals surface area contributed by atoms with Gasteiger partial charge in [-0.15, -0.1) is 0 Å². The van der Waals surface area contributed by atoms with Gasteiger partial charge in [0.05, 0.1) is 6.17 Å². The van der Waals surface area contributed by atoms with Crippen LogP contribution in [0.25, 0.3) is 0 Å². The predicted octanol–water partition coefficient (Wildman–Crippen LogP) is 3.90. The summed E-state index contributed by atoms with van der Waals surface area (Å²) in [5.41, 5.74) is 5.63. The fourth-order valence-electron chi connectivity index (χ4n) is 3.23.